The molecule has 4 rings (SSSR count). The van der Waals surface area contributed by atoms with Gasteiger partial charge in [-0.1, -0.05) is 65.8 Å². The Balaban J connectivity index is 1.31. The molecule has 0 fully saturated rings. The standard InChI is InChI=1S/C23H19ClN6O3S/c24-20-7-3-1-6-18(20)14-33-21-8-4-2-5-17(21)13-25-27-22-26-23(29-28-22)34-15-16-9-11-19(12-10-16)30(31)32/h1-13H,14-15H2,(H2,26,27,28,29)/b25-13-. The molecule has 0 aliphatic rings. The van der Waals surface area contributed by atoms with Crippen LogP contribution in [0.25, 0.3) is 0 Å². The molecule has 0 spiro atoms. The predicted molar refractivity (Wildman–Crippen MR) is 132 cm³/mol. The van der Waals surface area contributed by atoms with Gasteiger partial charge in [0.1, 0.15) is 12.4 Å². The number of hydrogen-bond donors (Lipinski definition) is 2. The highest BCUT2D eigenvalue weighted by molar-refractivity contribution is 7.98. The number of hydrazone groups is 1. The van der Waals surface area contributed by atoms with Crippen LogP contribution in [0.1, 0.15) is 16.7 Å². The Kier molecular flexibility index (Phi) is 7.74. The van der Waals surface area contributed by atoms with E-state index < -0.39 is 4.92 Å². The first-order chi connectivity index (χ1) is 16.6. The first kappa shape index (κ1) is 23.3. The minimum absolute atomic E-state index is 0.0619. The normalized spacial score (nSPS) is 11.0. The summed E-state index contributed by atoms with van der Waals surface area (Å²) >= 11 is 7.60. The van der Waals surface area contributed by atoms with E-state index in [9.17, 15) is 10.1 Å². The fraction of sp³-hybridized carbons (Fsp3) is 0.0870. The Morgan fingerprint density at radius 1 is 1.12 bits per heavy atom. The maximum Gasteiger partial charge on any atom is 0.269 e. The quantitative estimate of drug-likeness (QED) is 0.126. The van der Waals surface area contributed by atoms with E-state index in [-0.39, 0.29) is 5.69 Å². The van der Waals surface area contributed by atoms with E-state index in [1.807, 2.05) is 48.5 Å². The van der Waals surface area contributed by atoms with Gasteiger partial charge in [-0.3, -0.25) is 10.1 Å². The maximum absolute atomic E-state index is 10.7. The minimum atomic E-state index is -0.423. The molecule has 1 heterocycles. The van der Waals surface area contributed by atoms with Gasteiger partial charge in [-0.2, -0.15) is 10.1 Å². The van der Waals surface area contributed by atoms with Crippen LogP contribution in [-0.4, -0.2) is 26.3 Å². The largest absolute Gasteiger partial charge is 0.488 e. The monoisotopic (exact) mass is 494 g/mol. The van der Waals surface area contributed by atoms with Crippen molar-refractivity contribution in [3.8, 4) is 5.75 Å². The summed E-state index contributed by atoms with van der Waals surface area (Å²) in [5.41, 5.74) is 5.49. The van der Waals surface area contributed by atoms with Gasteiger partial charge in [0.25, 0.3) is 5.69 Å². The van der Waals surface area contributed by atoms with Gasteiger partial charge in [-0.05, 0) is 23.8 Å². The van der Waals surface area contributed by atoms with Crippen LogP contribution in [0.4, 0.5) is 11.6 Å². The number of benzene rings is 3. The van der Waals surface area contributed by atoms with Gasteiger partial charge in [-0.15, -0.1) is 5.10 Å². The number of anilines is 1. The molecule has 3 aromatic carbocycles. The highest BCUT2D eigenvalue weighted by Gasteiger charge is 2.07. The smallest absolute Gasteiger partial charge is 0.269 e. The lowest BCUT2D eigenvalue weighted by Crippen LogP contribution is -2.00. The molecule has 0 radical (unpaired) electrons. The van der Waals surface area contributed by atoms with Crippen LogP contribution < -0.4 is 10.2 Å². The first-order valence-electron chi connectivity index (χ1n) is 10.1. The molecule has 0 aliphatic heterocycles. The van der Waals surface area contributed by atoms with Crippen LogP contribution in [0.5, 0.6) is 5.75 Å². The van der Waals surface area contributed by atoms with Gasteiger partial charge in [-0.25, -0.2) is 10.5 Å². The Hall–Kier alpha value is -3.89. The van der Waals surface area contributed by atoms with Crippen LogP contribution >= 0.6 is 23.4 Å². The van der Waals surface area contributed by atoms with Crippen LogP contribution in [-0.2, 0) is 12.4 Å². The molecule has 0 saturated heterocycles. The average molecular weight is 495 g/mol. The molecule has 11 heteroatoms. The lowest BCUT2D eigenvalue weighted by Gasteiger charge is -2.10. The molecule has 2 N–H and O–H groups in total. The summed E-state index contributed by atoms with van der Waals surface area (Å²) < 4.78 is 5.93. The lowest BCUT2D eigenvalue weighted by atomic mass is 10.2. The molecule has 34 heavy (non-hydrogen) atoms. The van der Waals surface area contributed by atoms with Crippen molar-refractivity contribution in [1.29, 1.82) is 0 Å². The number of rotatable bonds is 10. The summed E-state index contributed by atoms with van der Waals surface area (Å²) in [7, 11) is 0. The van der Waals surface area contributed by atoms with Gasteiger partial charge >= 0.3 is 0 Å². The minimum Gasteiger partial charge on any atom is -0.488 e. The van der Waals surface area contributed by atoms with E-state index >= 15 is 0 Å². The van der Waals surface area contributed by atoms with E-state index in [2.05, 4.69) is 25.7 Å². The third kappa shape index (κ3) is 6.33. The number of para-hydroxylation sites is 1. The highest BCUT2D eigenvalue weighted by Crippen LogP contribution is 2.23. The highest BCUT2D eigenvalue weighted by atomic mass is 35.5. The van der Waals surface area contributed by atoms with E-state index in [1.54, 1.807) is 18.3 Å². The zero-order chi connectivity index (χ0) is 23.8. The fourth-order valence-electron chi connectivity index (χ4n) is 2.88. The number of nitrogens with one attached hydrogen (secondary N) is 2. The van der Waals surface area contributed by atoms with Crippen molar-refractivity contribution in [2.24, 2.45) is 5.10 Å². The van der Waals surface area contributed by atoms with Crippen molar-refractivity contribution in [3.63, 3.8) is 0 Å². The second-order valence-electron chi connectivity index (χ2n) is 6.97. The number of non-ortho nitro benzene ring substituents is 1. The first-order valence-corrected chi connectivity index (χ1v) is 11.5. The predicted octanol–water partition coefficient (Wildman–Crippen LogP) is 5.68. The zero-order valence-electron chi connectivity index (χ0n) is 17.7. The van der Waals surface area contributed by atoms with Gasteiger partial charge in [0, 0.05) is 34.0 Å². The molecule has 172 valence electrons. The Morgan fingerprint density at radius 3 is 2.68 bits per heavy atom. The van der Waals surface area contributed by atoms with Crippen LogP contribution in [0.3, 0.4) is 0 Å². The molecular weight excluding hydrogens is 476 g/mol. The molecule has 0 amide bonds. The van der Waals surface area contributed by atoms with E-state index in [1.165, 1.54) is 23.9 Å². The molecular formula is C23H19ClN6O3S. The number of hydrogen-bond acceptors (Lipinski definition) is 8. The fourth-order valence-corrected chi connectivity index (χ4v) is 3.82. The number of ether oxygens (including phenoxy) is 1. The van der Waals surface area contributed by atoms with Crippen LogP contribution in [0.2, 0.25) is 5.02 Å². The van der Waals surface area contributed by atoms with E-state index in [0.717, 1.165) is 16.7 Å². The van der Waals surface area contributed by atoms with Crippen LogP contribution in [0, 0.1) is 10.1 Å². The topological polar surface area (TPSA) is 118 Å². The number of nitro benzene ring substituents is 1. The average Bonchev–Trinajstić information content (AvgIpc) is 3.31. The number of halogens is 1. The molecule has 0 unspecified atom stereocenters. The summed E-state index contributed by atoms with van der Waals surface area (Å²) in [6.07, 6.45) is 1.63. The lowest BCUT2D eigenvalue weighted by molar-refractivity contribution is -0.384. The van der Waals surface area contributed by atoms with Crippen LogP contribution in [0.15, 0.2) is 83.1 Å². The third-order valence-corrected chi connectivity index (χ3v) is 5.90. The Labute approximate surface area is 204 Å². The number of H-pyrrole nitrogens is 1. The second-order valence-corrected chi connectivity index (χ2v) is 8.32. The number of aromatic amines is 1. The third-order valence-electron chi connectivity index (χ3n) is 4.61. The van der Waals surface area contributed by atoms with Gasteiger partial charge in [0.05, 0.1) is 11.1 Å². The van der Waals surface area contributed by atoms with Gasteiger partial charge in [0.15, 0.2) is 0 Å². The Bertz CT molecular complexity index is 1300. The Morgan fingerprint density at radius 2 is 1.88 bits per heavy atom. The summed E-state index contributed by atoms with van der Waals surface area (Å²) in [5.74, 6) is 1.64. The number of nitrogens with zero attached hydrogens (tertiary/aromatic N) is 4. The summed E-state index contributed by atoms with van der Waals surface area (Å²) in [5, 5.41) is 23.1. The van der Waals surface area contributed by atoms with E-state index in [4.69, 9.17) is 16.3 Å². The van der Waals surface area contributed by atoms with E-state index in [0.29, 0.717) is 34.2 Å². The SMILES string of the molecule is O=[N+]([O-])c1ccc(CSc2n[nH]c(N/N=C\c3ccccc3OCc3ccccc3Cl)n2)cc1. The van der Waals surface area contributed by atoms with Gasteiger partial charge in [0.2, 0.25) is 11.1 Å². The number of thioether (sulfide) groups is 1. The zero-order valence-corrected chi connectivity index (χ0v) is 19.3. The summed E-state index contributed by atoms with van der Waals surface area (Å²) in [6, 6.07) is 21.4. The molecule has 0 aliphatic carbocycles. The second kappa shape index (κ2) is 11.3. The van der Waals surface area contributed by atoms with Crippen molar-refractivity contribution in [3.05, 3.63) is 105 Å². The molecule has 0 saturated carbocycles. The maximum atomic E-state index is 10.7. The summed E-state index contributed by atoms with van der Waals surface area (Å²) in [6.45, 7) is 0.343. The summed E-state index contributed by atoms with van der Waals surface area (Å²) in [4.78, 5) is 14.6. The molecule has 0 bridgehead atoms. The van der Waals surface area contributed by atoms with Crippen molar-refractivity contribution >= 4 is 41.2 Å². The number of nitro groups is 1. The van der Waals surface area contributed by atoms with Gasteiger partial charge < -0.3 is 4.74 Å². The van der Waals surface area contributed by atoms with Crippen molar-refractivity contribution in [2.75, 3.05) is 5.43 Å². The molecule has 4 aromatic rings. The molecule has 0 atom stereocenters. The van der Waals surface area contributed by atoms with Crippen molar-refractivity contribution in [1.82, 2.24) is 15.2 Å². The van der Waals surface area contributed by atoms with Crippen molar-refractivity contribution < 1.29 is 9.66 Å². The number of aromatic nitrogens is 3. The molecule has 9 nitrogen and oxygen atoms in total. The molecule has 1 aromatic heterocycles. The van der Waals surface area contributed by atoms with Crippen molar-refractivity contribution in [2.45, 2.75) is 17.5 Å².